The Kier molecular flexibility index (Phi) is 3.79. The summed E-state index contributed by atoms with van der Waals surface area (Å²) in [6, 6.07) is 9.84. The van der Waals surface area contributed by atoms with E-state index < -0.39 is 0 Å². The molecule has 0 fully saturated rings. The molecule has 0 aliphatic rings. The van der Waals surface area contributed by atoms with Crippen molar-refractivity contribution in [3.8, 4) is 11.3 Å². The molecule has 0 unspecified atom stereocenters. The number of benzene rings is 1. The first-order valence-electron chi connectivity index (χ1n) is 6.76. The number of hydrogen-bond acceptors (Lipinski definition) is 6. The van der Waals surface area contributed by atoms with Crippen molar-refractivity contribution in [1.29, 1.82) is 0 Å². The predicted molar refractivity (Wildman–Crippen MR) is 76.2 cm³/mol. The Hall–Kier alpha value is -2.47. The fraction of sp³-hybridized carbons (Fsp3) is 0.267. The van der Waals surface area contributed by atoms with Gasteiger partial charge in [0.25, 0.3) is 0 Å². The van der Waals surface area contributed by atoms with Crippen LogP contribution in [0.1, 0.15) is 30.6 Å². The lowest BCUT2D eigenvalue weighted by molar-refractivity contribution is 0.389. The van der Waals surface area contributed by atoms with Crippen LogP contribution in [0.2, 0.25) is 0 Å². The van der Waals surface area contributed by atoms with E-state index in [4.69, 9.17) is 8.83 Å². The first kappa shape index (κ1) is 13.5. The van der Waals surface area contributed by atoms with E-state index in [0.717, 1.165) is 11.3 Å². The molecular formula is C15H16N4O2. The van der Waals surface area contributed by atoms with Crippen molar-refractivity contribution in [2.45, 2.75) is 26.4 Å². The Morgan fingerprint density at radius 2 is 1.95 bits per heavy atom. The maximum absolute atomic E-state index is 5.78. The summed E-state index contributed by atoms with van der Waals surface area (Å²) in [4.78, 5) is 4.31. The minimum Gasteiger partial charge on any atom is -0.439 e. The third kappa shape index (κ3) is 3.17. The first-order chi connectivity index (χ1) is 10.2. The van der Waals surface area contributed by atoms with Gasteiger partial charge in [-0.25, -0.2) is 4.98 Å². The maximum Gasteiger partial charge on any atom is 0.230 e. The van der Waals surface area contributed by atoms with Gasteiger partial charge in [0, 0.05) is 12.5 Å². The second-order valence-corrected chi connectivity index (χ2v) is 4.75. The van der Waals surface area contributed by atoms with Crippen molar-refractivity contribution >= 4 is 0 Å². The summed E-state index contributed by atoms with van der Waals surface area (Å²) < 4.78 is 11.1. The molecule has 0 bridgehead atoms. The normalized spacial score (nSPS) is 12.5. The molecule has 1 aromatic carbocycles. The third-order valence-electron chi connectivity index (χ3n) is 3.08. The smallest absolute Gasteiger partial charge is 0.230 e. The van der Waals surface area contributed by atoms with Gasteiger partial charge in [0.05, 0.1) is 18.8 Å². The number of aromatic nitrogens is 3. The fourth-order valence-electron chi connectivity index (χ4n) is 1.96. The second-order valence-electron chi connectivity index (χ2n) is 4.75. The summed E-state index contributed by atoms with van der Waals surface area (Å²) in [7, 11) is 0. The van der Waals surface area contributed by atoms with Crippen LogP contribution in [0.3, 0.4) is 0 Å². The van der Waals surface area contributed by atoms with E-state index in [2.05, 4.69) is 20.5 Å². The quantitative estimate of drug-likeness (QED) is 0.776. The third-order valence-corrected chi connectivity index (χ3v) is 3.08. The van der Waals surface area contributed by atoms with Crippen LogP contribution >= 0.6 is 0 Å². The van der Waals surface area contributed by atoms with Crippen LogP contribution in [0.5, 0.6) is 0 Å². The second kappa shape index (κ2) is 5.88. The first-order valence-corrected chi connectivity index (χ1v) is 6.76. The Morgan fingerprint density at radius 3 is 2.67 bits per heavy atom. The van der Waals surface area contributed by atoms with Crippen LogP contribution in [0.4, 0.5) is 0 Å². The van der Waals surface area contributed by atoms with Crippen LogP contribution in [0, 0.1) is 6.92 Å². The topological polar surface area (TPSA) is 77.0 Å². The zero-order valence-electron chi connectivity index (χ0n) is 11.9. The summed E-state index contributed by atoms with van der Waals surface area (Å²) in [5, 5.41) is 11.0. The van der Waals surface area contributed by atoms with Crippen molar-refractivity contribution in [3.63, 3.8) is 0 Å². The molecule has 6 heteroatoms. The molecule has 6 nitrogen and oxygen atoms in total. The molecule has 0 radical (unpaired) electrons. The van der Waals surface area contributed by atoms with Crippen molar-refractivity contribution in [2.24, 2.45) is 0 Å². The van der Waals surface area contributed by atoms with Crippen LogP contribution in [-0.4, -0.2) is 15.2 Å². The average Bonchev–Trinajstić information content (AvgIpc) is 3.15. The lowest BCUT2D eigenvalue weighted by atomic mass is 10.2. The number of rotatable bonds is 5. The summed E-state index contributed by atoms with van der Waals surface area (Å²) >= 11 is 0. The molecular weight excluding hydrogens is 268 g/mol. The van der Waals surface area contributed by atoms with E-state index in [-0.39, 0.29) is 6.04 Å². The molecule has 2 heterocycles. The Bertz CT molecular complexity index is 705. The van der Waals surface area contributed by atoms with Gasteiger partial charge in [-0.15, -0.1) is 10.2 Å². The van der Waals surface area contributed by atoms with Crippen molar-refractivity contribution in [3.05, 3.63) is 54.2 Å². The van der Waals surface area contributed by atoms with Gasteiger partial charge >= 0.3 is 0 Å². The average molecular weight is 284 g/mol. The van der Waals surface area contributed by atoms with Crippen molar-refractivity contribution in [2.75, 3.05) is 0 Å². The molecule has 0 aliphatic heterocycles. The van der Waals surface area contributed by atoms with Gasteiger partial charge in [-0.3, -0.25) is 5.32 Å². The lowest BCUT2D eigenvalue weighted by Gasteiger charge is -2.07. The Balaban J connectivity index is 1.65. The van der Waals surface area contributed by atoms with E-state index in [1.54, 1.807) is 13.1 Å². The number of aryl methyl sites for hydroxylation is 1. The zero-order chi connectivity index (χ0) is 14.7. The van der Waals surface area contributed by atoms with Gasteiger partial charge in [-0.1, -0.05) is 30.3 Å². The Labute approximate surface area is 122 Å². The van der Waals surface area contributed by atoms with E-state index >= 15 is 0 Å². The standard InChI is InChI=1S/C15H16N4O2/c1-10(16-9-14-19-18-11(2)20-14)15-17-8-13(21-15)12-6-4-3-5-7-12/h3-8,10,16H,9H2,1-2H3/t10-/m1/s1. The monoisotopic (exact) mass is 284 g/mol. The van der Waals surface area contributed by atoms with Gasteiger partial charge in [-0.05, 0) is 6.92 Å². The highest BCUT2D eigenvalue weighted by molar-refractivity contribution is 5.55. The number of oxazole rings is 1. The SMILES string of the molecule is Cc1nnc(CN[C@H](C)c2ncc(-c3ccccc3)o2)o1. The van der Waals surface area contributed by atoms with Crippen LogP contribution in [0.25, 0.3) is 11.3 Å². The highest BCUT2D eigenvalue weighted by atomic mass is 16.4. The molecule has 0 saturated heterocycles. The molecule has 2 aromatic heterocycles. The molecule has 21 heavy (non-hydrogen) atoms. The van der Waals surface area contributed by atoms with Gasteiger partial charge in [-0.2, -0.15) is 0 Å². The predicted octanol–water partition coefficient (Wildman–Crippen LogP) is 2.88. The number of hydrogen-bond donors (Lipinski definition) is 1. The van der Waals surface area contributed by atoms with Crippen molar-refractivity contribution < 1.29 is 8.83 Å². The molecule has 1 N–H and O–H groups in total. The molecule has 0 amide bonds. The van der Waals surface area contributed by atoms with Gasteiger partial charge < -0.3 is 8.83 Å². The maximum atomic E-state index is 5.78. The van der Waals surface area contributed by atoms with Gasteiger partial charge in [0.1, 0.15) is 0 Å². The van der Waals surface area contributed by atoms with Gasteiger partial charge in [0.15, 0.2) is 5.76 Å². The number of nitrogens with zero attached hydrogens (tertiary/aromatic N) is 3. The fourth-order valence-corrected chi connectivity index (χ4v) is 1.96. The van der Waals surface area contributed by atoms with Gasteiger partial charge in [0.2, 0.25) is 17.7 Å². The van der Waals surface area contributed by atoms with E-state index in [0.29, 0.717) is 24.2 Å². The summed E-state index contributed by atoms with van der Waals surface area (Å²) in [5.41, 5.74) is 1.01. The Morgan fingerprint density at radius 1 is 1.14 bits per heavy atom. The number of nitrogens with one attached hydrogen (secondary N) is 1. The molecule has 1 atom stereocenters. The van der Waals surface area contributed by atoms with E-state index in [1.165, 1.54) is 0 Å². The molecule has 108 valence electrons. The highest BCUT2D eigenvalue weighted by Crippen LogP contribution is 2.22. The zero-order valence-corrected chi connectivity index (χ0v) is 11.9. The highest BCUT2D eigenvalue weighted by Gasteiger charge is 2.14. The molecule has 3 rings (SSSR count). The summed E-state index contributed by atoms with van der Waals surface area (Å²) in [6.45, 7) is 4.22. The van der Waals surface area contributed by atoms with Crippen LogP contribution in [-0.2, 0) is 6.54 Å². The van der Waals surface area contributed by atoms with E-state index in [9.17, 15) is 0 Å². The summed E-state index contributed by atoms with van der Waals surface area (Å²) in [5.74, 6) is 2.49. The molecule has 0 aliphatic carbocycles. The molecule has 3 aromatic rings. The van der Waals surface area contributed by atoms with E-state index in [1.807, 2.05) is 37.3 Å². The minimum atomic E-state index is -0.0466. The largest absolute Gasteiger partial charge is 0.439 e. The summed E-state index contributed by atoms with van der Waals surface area (Å²) in [6.07, 6.45) is 1.74. The minimum absolute atomic E-state index is 0.0466. The molecule has 0 spiro atoms. The molecule has 0 saturated carbocycles. The van der Waals surface area contributed by atoms with Crippen LogP contribution in [0.15, 0.2) is 45.4 Å². The van der Waals surface area contributed by atoms with Crippen molar-refractivity contribution in [1.82, 2.24) is 20.5 Å². The van der Waals surface area contributed by atoms with Crippen LogP contribution < -0.4 is 5.32 Å². The lowest BCUT2D eigenvalue weighted by Crippen LogP contribution is -2.18.